The summed E-state index contributed by atoms with van der Waals surface area (Å²) >= 11 is 0. The normalized spacial score (nSPS) is 8.71. The van der Waals surface area contributed by atoms with E-state index in [0.717, 1.165) is 0 Å². The quantitative estimate of drug-likeness (QED) is 0.224. The van der Waals surface area contributed by atoms with Gasteiger partial charge in [0.25, 0.3) is 0 Å². The van der Waals surface area contributed by atoms with Crippen molar-refractivity contribution in [3.63, 3.8) is 0 Å². The standard InChI is InChI=1S/7H3N.H4O7P2.H3O4P/c;;;;;;;1-8(2,3)7-9(4,5)6;1-5(2,3)4/h7*1H3;(H2,1,2,3)(H2,4,5,6);(H3,1,2,3,4). The van der Waals surface area contributed by atoms with Crippen molar-refractivity contribution < 1.29 is 52.3 Å². The summed E-state index contributed by atoms with van der Waals surface area (Å²) < 4.78 is 29.7. The maximum absolute atomic E-state index is 9.32. The van der Waals surface area contributed by atoms with Gasteiger partial charge in [0.2, 0.25) is 0 Å². The molecule has 21 heteroatoms. The van der Waals surface area contributed by atoms with Crippen molar-refractivity contribution >= 4 is 23.5 Å². The van der Waals surface area contributed by atoms with E-state index in [9.17, 15) is 28.7 Å². The van der Waals surface area contributed by atoms with Crippen LogP contribution in [0.5, 0.6) is 0 Å². The summed E-state index contributed by atoms with van der Waals surface area (Å²) in [6.45, 7) is 0. The summed E-state index contributed by atoms with van der Waals surface area (Å²) in [5, 5.41) is 0. The minimum absolute atomic E-state index is 0. The van der Waals surface area contributed by atoms with Gasteiger partial charge in [-0.25, -0.2) is 0 Å². The van der Waals surface area contributed by atoms with Crippen LogP contribution in [0.25, 0.3) is 0 Å². The van der Waals surface area contributed by atoms with Crippen LogP contribution < -0.4 is 77.3 Å². The first-order chi connectivity index (χ1) is 5.71. The number of rotatable bonds is 2. The van der Waals surface area contributed by atoms with Crippen LogP contribution >= 0.6 is 23.5 Å². The molecule has 0 heterocycles. The summed E-state index contributed by atoms with van der Waals surface area (Å²) in [5.41, 5.74) is 0. The summed E-state index contributed by atoms with van der Waals surface area (Å²) in [5.74, 6) is 0. The van der Waals surface area contributed by atoms with Crippen molar-refractivity contribution in [2.75, 3.05) is 0 Å². The van der Waals surface area contributed by atoms with Gasteiger partial charge >= 0.3 is 0 Å². The molecule has 18 nitrogen and oxygen atoms in total. The van der Waals surface area contributed by atoms with E-state index in [1.165, 1.54) is 0 Å². The Bertz CT molecular complexity index is 273. The van der Waals surface area contributed by atoms with Crippen molar-refractivity contribution in [3.05, 3.63) is 0 Å². The Kier molecular flexibility index (Phi) is 55.7. The van der Waals surface area contributed by atoms with Crippen LogP contribution in [0.3, 0.4) is 0 Å². The molecule has 0 saturated heterocycles. The predicted molar refractivity (Wildman–Crippen MR) is 65.8 cm³/mol. The zero-order valence-electron chi connectivity index (χ0n) is 12.8. The van der Waals surface area contributed by atoms with Gasteiger partial charge in [0, 0.05) is 0 Å². The maximum atomic E-state index is 9.32. The molecule has 0 amide bonds. The minimum atomic E-state index is -5.68. The van der Waals surface area contributed by atoms with E-state index in [-0.39, 0.29) is 43.1 Å². The molecular weight excluding hydrogens is 367 g/mol. The second-order valence-electron chi connectivity index (χ2n) is 1.42. The highest BCUT2D eigenvalue weighted by atomic mass is 31.3. The lowest BCUT2D eigenvalue weighted by atomic mass is 14.0. The largest absolute Gasteiger partial charge is 0.822 e. The van der Waals surface area contributed by atoms with E-state index >= 15 is 0 Å². The van der Waals surface area contributed by atoms with Gasteiger partial charge in [0.1, 0.15) is 0 Å². The molecule has 0 bridgehead atoms. The Morgan fingerprint density at radius 1 is 0.476 bits per heavy atom. The van der Waals surface area contributed by atoms with Crippen molar-refractivity contribution in [2.24, 2.45) is 0 Å². The maximum Gasteiger partial charge on any atom is 0.0655 e. The lowest BCUT2D eigenvalue weighted by Gasteiger charge is -2.39. The van der Waals surface area contributed by atoms with Crippen molar-refractivity contribution in [3.8, 4) is 0 Å². The van der Waals surface area contributed by atoms with Gasteiger partial charge in [-0.3, -0.25) is 0 Å². The molecule has 0 aliphatic heterocycles. The first kappa shape index (κ1) is 58.2. The van der Waals surface area contributed by atoms with Crippen LogP contribution in [0.15, 0.2) is 0 Å². The molecule has 21 heavy (non-hydrogen) atoms. The molecule has 0 aromatic carbocycles. The fourth-order valence-corrected chi connectivity index (χ4v) is 1.10. The lowest BCUT2D eigenvalue weighted by molar-refractivity contribution is -0.432. The summed E-state index contributed by atoms with van der Waals surface area (Å²) in [7, 11) is -16.7. The van der Waals surface area contributed by atoms with Crippen molar-refractivity contribution in [1.29, 1.82) is 0 Å². The Morgan fingerprint density at radius 3 is 0.571 bits per heavy atom. The van der Waals surface area contributed by atoms with Crippen LogP contribution in [0.1, 0.15) is 0 Å². The molecule has 0 unspecified atom stereocenters. The molecule has 0 fully saturated rings. The van der Waals surface area contributed by atoms with Crippen LogP contribution in [0.2, 0.25) is 0 Å². The van der Waals surface area contributed by atoms with E-state index in [1.54, 1.807) is 0 Å². The van der Waals surface area contributed by atoms with Gasteiger partial charge in [-0.15, -0.1) is 0 Å². The molecule has 0 rings (SSSR count). The molecule has 0 atom stereocenters. The number of hydrogen-bond acceptors (Lipinski definition) is 11. The monoisotopic (exact) mass is 395 g/mol. The van der Waals surface area contributed by atoms with E-state index in [2.05, 4.69) is 4.31 Å². The van der Waals surface area contributed by atoms with Crippen molar-refractivity contribution in [2.45, 2.75) is 0 Å². The van der Waals surface area contributed by atoms with E-state index in [1.807, 2.05) is 0 Å². The van der Waals surface area contributed by atoms with Gasteiger partial charge < -0.3 is 95.3 Å². The summed E-state index contributed by atoms with van der Waals surface area (Å²) in [4.78, 5) is 62.9. The number of phosphoric acid groups is 3. The van der Waals surface area contributed by atoms with Crippen LogP contribution in [-0.2, 0) is 18.0 Å². The fourth-order valence-electron chi connectivity index (χ4n) is 0.122. The van der Waals surface area contributed by atoms with Gasteiger partial charge in [0.15, 0.2) is 0 Å². The summed E-state index contributed by atoms with van der Waals surface area (Å²) in [6.07, 6.45) is 0. The molecule has 0 spiro atoms. The third-order valence-corrected chi connectivity index (χ3v) is 1.80. The SMILES string of the molecule is O=P([O-])([O-])OP(=O)([O-])[O-].O=P([O-])([O-])[O-].[NH4+].[NH4+].[NH4+].[NH4+].[NH4+].[NH4+].[NH4+]. The second-order valence-corrected chi connectivity index (χ2v) is 4.76. The molecule has 0 radical (unpaired) electrons. The van der Waals surface area contributed by atoms with Crippen LogP contribution in [0, 0.1) is 0 Å². The van der Waals surface area contributed by atoms with E-state index in [0.29, 0.717) is 0 Å². The Morgan fingerprint density at radius 2 is 0.571 bits per heavy atom. The van der Waals surface area contributed by atoms with Crippen molar-refractivity contribution in [1.82, 2.24) is 43.1 Å². The predicted octanol–water partition coefficient (Wildman–Crippen LogP) is -3.53. The van der Waals surface area contributed by atoms with Gasteiger partial charge in [-0.2, -0.15) is 7.82 Å². The first-order valence-corrected chi connectivity index (χ1v) is 6.57. The molecule has 0 aromatic rings. The molecule has 0 saturated carbocycles. The number of hydrogen-bond donors (Lipinski definition) is 7. The van der Waals surface area contributed by atoms with Crippen LogP contribution in [0.4, 0.5) is 0 Å². The number of quaternary nitrogens is 7. The van der Waals surface area contributed by atoms with E-state index in [4.69, 9.17) is 19.2 Å². The van der Waals surface area contributed by atoms with E-state index < -0.39 is 23.5 Å². The van der Waals surface area contributed by atoms with Crippen LogP contribution in [-0.4, -0.2) is 0 Å². The third-order valence-electron chi connectivity index (χ3n) is 0.200. The zero-order valence-corrected chi connectivity index (χ0v) is 15.5. The third kappa shape index (κ3) is 177. The average Bonchev–Trinajstić information content (AvgIpc) is 1.42. The molecule has 0 aromatic heterocycles. The van der Waals surface area contributed by atoms with Gasteiger partial charge in [-0.1, -0.05) is 0 Å². The Balaban J connectivity index is -0.0000000157. The molecule has 28 N–H and O–H groups in total. The van der Waals surface area contributed by atoms with Gasteiger partial charge in [0.05, 0.1) is 15.6 Å². The average molecular weight is 395 g/mol. The molecular formula is H28N7O11P3. The summed E-state index contributed by atoms with van der Waals surface area (Å²) in [6, 6.07) is 0. The first-order valence-electron chi connectivity index (χ1n) is 2.19. The molecule has 0 aliphatic rings. The second kappa shape index (κ2) is 20.1. The Hall–Kier alpha value is 0.0900. The Labute approximate surface area is 120 Å². The highest BCUT2D eigenvalue weighted by molar-refractivity contribution is 7.57. The highest BCUT2D eigenvalue weighted by Crippen LogP contribution is 2.42. The highest BCUT2D eigenvalue weighted by Gasteiger charge is 1.92. The topological polar surface area (TPSA) is 477 Å². The fraction of sp³-hybridized carbons (Fsp3) is 0. The molecule has 144 valence electrons. The smallest absolute Gasteiger partial charge is 0.0655 e. The zero-order chi connectivity index (χ0) is 12.2. The van der Waals surface area contributed by atoms with Gasteiger partial charge in [-0.05, 0) is 0 Å². The molecule has 0 aliphatic carbocycles. The minimum Gasteiger partial charge on any atom is -0.822 e. The lowest BCUT2D eigenvalue weighted by Crippen LogP contribution is -2.24.